The number of ketones is 1. The van der Waals surface area contributed by atoms with Crippen molar-refractivity contribution in [2.24, 2.45) is 0 Å². The minimum absolute atomic E-state index is 0.00732. The number of hydrogen-bond donors (Lipinski definition) is 0. The van der Waals surface area contributed by atoms with Gasteiger partial charge in [-0.3, -0.25) is 4.79 Å². The van der Waals surface area contributed by atoms with Crippen molar-refractivity contribution >= 4 is 21.7 Å². The SMILES string of the molecule is Cc1ccc(-c2ncc(CC(=O)c3cccc(Br)c3)o2)cc1. The second kappa shape index (κ2) is 6.28. The molecule has 22 heavy (non-hydrogen) atoms. The Kier molecular flexibility index (Phi) is 4.20. The summed E-state index contributed by atoms with van der Waals surface area (Å²) in [5.74, 6) is 1.12. The summed E-state index contributed by atoms with van der Waals surface area (Å²) in [7, 11) is 0. The van der Waals surface area contributed by atoms with Crippen molar-refractivity contribution in [2.45, 2.75) is 13.3 Å². The van der Waals surface area contributed by atoms with Gasteiger partial charge >= 0.3 is 0 Å². The molecule has 0 radical (unpaired) electrons. The molecular formula is C18H14BrNO2. The zero-order chi connectivity index (χ0) is 15.5. The van der Waals surface area contributed by atoms with E-state index in [0.717, 1.165) is 10.0 Å². The molecule has 0 aliphatic carbocycles. The van der Waals surface area contributed by atoms with Crippen molar-refractivity contribution in [3.63, 3.8) is 0 Å². The van der Waals surface area contributed by atoms with E-state index in [4.69, 9.17) is 4.42 Å². The number of rotatable bonds is 4. The Balaban J connectivity index is 1.77. The van der Waals surface area contributed by atoms with E-state index in [1.54, 1.807) is 18.3 Å². The van der Waals surface area contributed by atoms with Crippen molar-refractivity contribution in [2.75, 3.05) is 0 Å². The monoisotopic (exact) mass is 355 g/mol. The van der Waals surface area contributed by atoms with Crippen molar-refractivity contribution in [3.05, 3.63) is 76.1 Å². The molecule has 1 heterocycles. The lowest BCUT2D eigenvalue weighted by Gasteiger charge is -2.00. The minimum atomic E-state index is 0.00732. The molecule has 2 aromatic carbocycles. The normalized spacial score (nSPS) is 10.6. The van der Waals surface area contributed by atoms with E-state index in [1.165, 1.54) is 5.56 Å². The highest BCUT2D eigenvalue weighted by atomic mass is 79.9. The first-order valence-electron chi connectivity index (χ1n) is 6.92. The number of carbonyl (C=O) groups is 1. The number of benzene rings is 2. The summed E-state index contributed by atoms with van der Waals surface area (Å²) in [5, 5.41) is 0. The molecule has 0 saturated carbocycles. The summed E-state index contributed by atoms with van der Waals surface area (Å²) in [5.41, 5.74) is 2.75. The van der Waals surface area contributed by atoms with Crippen molar-refractivity contribution in [3.8, 4) is 11.5 Å². The Bertz CT molecular complexity index is 806. The summed E-state index contributed by atoms with van der Waals surface area (Å²) >= 11 is 3.37. The van der Waals surface area contributed by atoms with Gasteiger partial charge in [0.1, 0.15) is 5.76 Å². The lowest BCUT2D eigenvalue weighted by atomic mass is 10.1. The van der Waals surface area contributed by atoms with Gasteiger partial charge < -0.3 is 4.42 Å². The lowest BCUT2D eigenvalue weighted by Crippen LogP contribution is -2.02. The van der Waals surface area contributed by atoms with E-state index in [9.17, 15) is 4.79 Å². The van der Waals surface area contributed by atoms with Crippen LogP contribution in [0.3, 0.4) is 0 Å². The van der Waals surface area contributed by atoms with Gasteiger partial charge in [0.05, 0.1) is 12.6 Å². The van der Waals surface area contributed by atoms with Gasteiger partial charge in [-0.05, 0) is 31.2 Å². The summed E-state index contributed by atoms with van der Waals surface area (Å²) in [6, 6.07) is 15.3. The van der Waals surface area contributed by atoms with Crippen LogP contribution in [-0.2, 0) is 6.42 Å². The first-order valence-corrected chi connectivity index (χ1v) is 7.71. The second-order valence-electron chi connectivity index (χ2n) is 5.11. The molecule has 1 aromatic heterocycles. The molecule has 0 unspecified atom stereocenters. The Labute approximate surface area is 137 Å². The standard InChI is InChI=1S/C18H14BrNO2/c1-12-5-7-13(8-6-12)18-20-11-16(22-18)10-17(21)14-3-2-4-15(19)9-14/h2-9,11H,10H2,1H3. The zero-order valence-corrected chi connectivity index (χ0v) is 13.6. The number of aryl methyl sites for hydroxylation is 1. The Morgan fingerprint density at radius 3 is 2.68 bits per heavy atom. The molecule has 0 fully saturated rings. The van der Waals surface area contributed by atoms with Crippen LogP contribution in [0.5, 0.6) is 0 Å². The largest absolute Gasteiger partial charge is 0.441 e. The summed E-state index contributed by atoms with van der Waals surface area (Å²) in [4.78, 5) is 16.5. The average Bonchev–Trinajstić information content (AvgIpc) is 2.96. The van der Waals surface area contributed by atoms with Gasteiger partial charge in [-0.25, -0.2) is 4.98 Å². The highest BCUT2D eigenvalue weighted by Gasteiger charge is 2.12. The quantitative estimate of drug-likeness (QED) is 0.629. The van der Waals surface area contributed by atoms with Crippen LogP contribution in [0.4, 0.5) is 0 Å². The van der Waals surface area contributed by atoms with Crippen LogP contribution in [0.25, 0.3) is 11.5 Å². The maximum atomic E-state index is 12.2. The van der Waals surface area contributed by atoms with Crippen LogP contribution < -0.4 is 0 Å². The van der Waals surface area contributed by atoms with Gasteiger partial charge in [-0.15, -0.1) is 0 Å². The predicted molar refractivity (Wildman–Crippen MR) is 88.9 cm³/mol. The Hall–Kier alpha value is -2.20. The number of Topliss-reactive ketones (excluding diaryl/α,β-unsaturated/α-hetero) is 1. The first kappa shape index (κ1) is 14.7. The number of hydrogen-bond acceptors (Lipinski definition) is 3. The van der Waals surface area contributed by atoms with Crippen LogP contribution in [-0.4, -0.2) is 10.8 Å². The molecule has 0 aliphatic rings. The fraction of sp³-hybridized carbons (Fsp3) is 0.111. The van der Waals surface area contributed by atoms with Gasteiger partial charge in [0.25, 0.3) is 0 Å². The maximum absolute atomic E-state index is 12.2. The molecule has 3 aromatic rings. The van der Waals surface area contributed by atoms with Crippen LogP contribution in [0.15, 0.2) is 63.6 Å². The molecule has 0 aliphatic heterocycles. The highest BCUT2D eigenvalue weighted by Crippen LogP contribution is 2.21. The van der Waals surface area contributed by atoms with Crippen LogP contribution in [0.2, 0.25) is 0 Å². The predicted octanol–water partition coefficient (Wildman–Crippen LogP) is 4.84. The van der Waals surface area contributed by atoms with Crippen LogP contribution in [0, 0.1) is 6.92 Å². The van der Waals surface area contributed by atoms with E-state index in [0.29, 0.717) is 17.2 Å². The second-order valence-corrected chi connectivity index (χ2v) is 6.02. The van der Waals surface area contributed by atoms with Crippen LogP contribution in [0.1, 0.15) is 21.7 Å². The molecule has 3 rings (SSSR count). The zero-order valence-electron chi connectivity index (χ0n) is 12.0. The number of oxazole rings is 1. The number of carbonyl (C=O) groups excluding carboxylic acids is 1. The van der Waals surface area contributed by atoms with E-state index in [2.05, 4.69) is 20.9 Å². The topological polar surface area (TPSA) is 43.1 Å². The molecule has 0 amide bonds. The van der Waals surface area contributed by atoms with Crippen LogP contribution >= 0.6 is 15.9 Å². The molecule has 0 spiro atoms. The summed E-state index contributed by atoms with van der Waals surface area (Å²) in [6.45, 7) is 2.03. The fourth-order valence-electron chi connectivity index (χ4n) is 2.14. The molecule has 110 valence electrons. The van der Waals surface area contributed by atoms with E-state index < -0.39 is 0 Å². The molecule has 0 saturated heterocycles. The third-order valence-corrected chi connectivity index (χ3v) is 3.83. The molecule has 0 bridgehead atoms. The number of halogens is 1. The van der Waals surface area contributed by atoms with E-state index in [1.807, 2.05) is 43.3 Å². The third kappa shape index (κ3) is 3.34. The first-order chi connectivity index (χ1) is 10.6. The van der Waals surface area contributed by atoms with E-state index in [-0.39, 0.29) is 12.2 Å². The Morgan fingerprint density at radius 2 is 1.95 bits per heavy atom. The van der Waals surface area contributed by atoms with E-state index >= 15 is 0 Å². The van der Waals surface area contributed by atoms with Crippen molar-refractivity contribution < 1.29 is 9.21 Å². The fourth-order valence-corrected chi connectivity index (χ4v) is 2.54. The summed E-state index contributed by atoms with van der Waals surface area (Å²) < 4.78 is 6.57. The molecule has 4 heteroatoms. The molecule has 0 N–H and O–H groups in total. The van der Waals surface area contributed by atoms with Crippen molar-refractivity contribution in [1.29, 1.82) is 0 Å². The average molecular weight is 356 g/mol. The van der Waals surface area contributed by atoms with Gasteiger partial charge in [0.2, 0.25) is 5.89 Å². The molecular weight excluding hydrogens is 342 g/mol. The summed E-state index contributed by atoms with van der Waals surface area (Å²) in [6.07, 6.45) is 1.82. The smallest absolute Gasteiger partial charge is 0.226 e. The van der Waals surface area contributed by atoms with Gasteiger partial charge in [0, 0.05) is 15.6 Å². The third-order valence-electron chi connectivity index (χ3n) is 3.33. The Morgan fingerprint density at radius 1 is 1.18 bits per heavy atom. The number of nitrogens with zero attached hydrogens (tertiary/aromatic N) is 1. The lowest BCUT2D eigenvalue weighted by molar-refractivity contribution is 0.0987. The highest BCUT2D eigenvalue weighted by molar-refractivity contribution is 9.10. The molecule has 0 atom stereocenters. The maximum Gasteiger partial charge on any atom is 0.226 e. The van der Waals surface area contributed by atoms with Gasteiger partial charge in [0.15, 0.2) is 5.78 Å². The van der Waals surface area contributed by atoms with Crippen molar-refractivity contribution in [1.82, 2.24) is 4.98 Å². The van der Waals surface area contributed by atoms with Gasteiger partial charge in [-0.1, -0.05) is 45.8 Å². The molecule has 3 nitrogen and oxygen atoms in total. The van der Waals surface area contributed by atoms with Gasteiger partial charge in [-0.2, -0.15) is 0 Å². The number of aromatic nitrogens is 1. The minimum Gasteiger partial charge on any atom is -0.441 e.